The highest BCUT2D eigenvalue weighted by atomic mass is 35.5. The Bertz CT molecular complexity index is 1000. The molecule has 0 unspecified atom stereocenters. The number of nitrogens with one attached hydrogen (secondary N) is 1. The lowest BCUT2D eigenvalue weighted by molar-refractivity contribution is 0.0948. The summed E-state index contributed by atoms with van der Waals surface area (Å²) in [6.45, 7) is 3.20. The van der Waals surface area contributed by atoms with Gasteiger partial charge in [0.1, 0.15) is 17.3 Å². The maximum atomic E-state index is 12.6. The van der Waals surface area contributed by atoms with Crippen LogP contribution in [0.2, 0.25) is 5.02 Å². The Balaban J connectivity index is 1.46. The minimum absolute atomic E-state index is 0.187. The molecule has 0 fully saturated rings. The molecule has 1 N–H and O–H groups in total. The normalized spacial score (nSPS) is 12.7. The van der Waals surface area contributed by atoms with Crippen LogP contribution in [0.25, 0.3) is 0 Å². The number of carbonyl (C=O) groups is 1. The molecule has 4 rings (SSSR count). The van der Waals surface area contributed by atoms with Crippen molar-refractivity contribution in [3.8, 4) is 0 Å². The van der Waals surface area contributed by atoms with Gasteiger partial charge in [0.15, 0.2) is 0 Å². The van der Waals surface area contributed by atoms with E-state index in [1.165, 1.54) is 5.56 Å². The summed E-state index contributed by atoms with van der Waals surface area (Å²) in [7, 11) is 0. The Kier molecular flexibility index (Phi) is 5.26. The van der Waals surface area contributed by atoms with Crippen LogP contribution >= 0.6 is 11.6 Å². The summed E-state index contributed by atoms with van der Waals surface area (Å²) in [6, 6.07) is 17.7. The minimum Gasteiger partial charge on any atom is -0.350 e. The Morgan fingerprint density at radius 2 is 1.93 bits per heavy atom. The zero-order valence-electron chi connectivity index (χ0n) is 15.7. The Morgan fingerprint density at radius 3 is 2.75 bits per heavy atom. The quantitative estimate of drug-likeness (QED) is 0.710. The maximum absolute atomic E-state index is 12.6. The van der Waals surface area contributed by atoms with Crippen LogP contribution in [-0.2, 0) is 12.8 Å². The zero-order valence-corrected chi connectivity index (χ0v) is 16.4. The second-order valence-electron chi connectivity index (χ2n) is 6.82. The van der Waals surface area contributed by atoms with Gasteiger partial charge in [0.25, 0.3) is 5.91 Å². The van der Waals surface area contributed by atoms with Gasteiger partial charge in [-0.05, 0) is 49.1 Å². The molecule has 0 spiro atoms. The standard InChI is InChI=1S/C22H21ClN4O/c1-15-25-19(22(28)24-12-10-16-6-8-18(23)9-7-16)14-21(26-15)27-13-11-17-4-2-3-5-20(17)27/h2-9,14H,10-13H2,1H3,(H,24,28). The first-order chi connectivity index (χ1) is 13.6. The SMILES string of the molecule is Cc1nc(C(=O)NCCc2ccc(Cl)cc2)cc(N2CCc3ccccc32)n1. The summed E-state index contributed by atoms with van der Waals surface area (Å²) in [5.41, 5.74) is 3.96. The number of benzene rings is 2. The van der Waals surface area contributed by atoms with Crippen molar-refractivity contribution in [2.75, 3.05) is 18.0 Å². The molecule has 0 atom stereocenters. The van der Waals surface area contributed by atoms with Crippen LogP contribution in [-0.4, -0.2) is 29.0 Å². The van der Waals surface area contributed by atoms with E-state index in [1.54, 1.807) is 6.07 Å². The third kappa shape index (κ3) is 3.99. The molecule has 1 aromatic heterocycles. The van der Waals surface area contributed by atoms with E-state index in [-0.39, 0.29) is 5.91 Å². The van der Waals surface area contributed by atoms with Gasteiger partial charge in [0, 0.05) is 29.9 Å². The maximum Gasteiger partial charge on any atom is 0.270 e. The lowest BCUT2D eigenvalue weighted by atomic mass is 10.1. The predicted molar refractivity (Wildman–Crippen MR) is 111 cm³/mol. The van der Waals surface area contributed by atoms with Gasteiger partial charge < -0.3 is 10.2 Å². The summed E-state index contributed by atoms with van der Waals surface area (Å²) in [5, 5.41) is 3.65. The Hall–Kier alpha value is -2.92. The van der Waals surface area contributed by atoms with Gasteiger partial charge in [-0.2, -0.15) is 0 Å². The van der Waals surface area contributed by atoms with Crippen LogP contribution in [0.15, 0.2) is 54.6 Å². The minimum atomic E-state index is -0.187. The molecular weight excluding hydrogens is 372 g/mol. The van der Waals surface area contributed by atoms with Crippen molar-refractivity contribution in [2.45, 2.75) is 19.8 Å². The van der Waals surface area contributed by atoms with Crippen molar-refractivity contribution in [3.05, 3.63) is 82.3 Å². The number of carbonyl (C=O) groups excluding carboxylic acids is 1. The van der Waals surface area contributed by atoms with Crippen molar-refractivity contribution in [1.29, 1.82) is 0 Å². The summed E-state index contributed by atoms with van der Waals surface area (Å²) >= 11 is 5.90. The van der Waals surface area contributed by atoms with Gasteiger partial charge in [-0.15, -0.1) is 0 Å². The fraction of sp³-hybridized carbons (Fsp3) is 0.227. The number of halogens is 1. The molecule has 0 bridgehead atoms. The fourth-order valence-electron chi connectivity index (χ4n) is 3.44. The fourth-order valence-corrected chi connectivity index (χ4v) is 3.57. The highest BCUT2D eigenvalue weighted by molar-refractivity contribution is 6.30. The van der Waals surface area contributed by atoms with Crippen molar-refractivity contribution in [2.24, 2.45) is 0 Å². The molecular formula is C22H21ClN4O. The molecule has 0 radical (unpaired) electrons. The largest absolute Gasteiger partial charge is 0.350 e. The molecule has 0 saturated carbocycles. The molecule has 1 aliphatic rings. The van der Waals surface area contributed by atoms with Crippen molar-refractivity contribution in [3.63, 3.8) is 0 Å². The van der Waals surface area contributed by atoms with Crippen molar-refractivity contribution >= 4 is 29.0 Å². The predicted octanol–water partition coefficient (Wildman–Crippen LogP) is 4.11. The number of hydrogen-bond donors (Lipinski definition) is 1. The molecule has 2 heterocycles. The third-order valence-electron chi connectivity index (χ3n) is 4.83. The lowest BCUT2D eigenvalue weighted by Crippen LogP contribution is -2.27. The molecule has 0 saturated heterocycles. The monoisotopic (exact) mass is 392 g/mol. The number of aryl methyl sites for hydroxylation is 1. The number of nitrogens with zero attached hydrogens (tertiary/aromatic N) is 3. The van der Waals surface area contributed by atoms with Crippen LogP contribution < -0.4 is 10.2 Å². The average molecular weight is 393 g/mol. The summed E-state index contributed by atoms with van der Waals surface area (Å²) in [5.74, 6) is 1.17. The number of fused-ring (bicyclic) bond motifs is 1. The molecule has 2 aromatic carbocycles. The van der Waals surface area contributed by atoms with E-state index in [4.69, 9.17) is 11.6 Å². The van der Waals surface area contributed by atoms with Gasteiger partial charge in [-0.1, -0.05) is 41.9 Å². The third-order valence-corrected chi connectivity index (χ3v) is 5.09. The number of para-hydroxylation sites is 1. The first-order valence-corrected chi connectivity index (χ1v) is 9.72. The number of aromatic nitrogens is 2. The van der Waals surface area contributed by atoms with Crippen molar-refractivity contribution < 1.29 is 4.79 Å². The van der Waals surface area contributed by atoms with Gasteiger partial charge >= 0.3 is 0 Å². The summed E-state index contributed by atoms with van der Waals surface area (Å²) in [4.78, 5) is 23.6. The summed E-state index contributed by atoms with van der Waals surface area (Å²) in [6.07, 6.45) is 1.71. The first-order valence-electron chi connectivity index (χ1n) is 9.34. The number of amides is 1. The van der Waals surface area contributed by atoms with Crippen LogP contribution in [0, 0.1) is 6.92 Å². The molecule has 3 aromatic rings. The van der Waals surface area contributed by atoms with E-state index < -0.39 is 0 Å². The van der Waals surface area contributed by atoms with Gasteiger partial charge in [0.05, 0.1) is 0 Å². The number of rotatable bonds is 5. The first kappa shape index (κ1) is 18.4. The topological polar surface area (TPSA) is 58.1 Å². The average Bonchev–Trinajstić information content (AvgIpc) is 3.13. The summed E-state index contributed by atoms with van der Waals surface area (Å²) < 4.78 is 0. The highest BCUT2D eigenvalue weighted by Gasteiger charge is 2.22. The smallest absolute Gasteiger partial charge is 0.270 e. The molecule has 1 aliphatic heterocycles. The zero-order chi connectivity index (χ0) is 19.5. The van der Waals surface area contributed by atoms with Crippen LogP contribution in [0.3, 0.4) is 0 Å². The molecule has 1 amide bonds. The number of hydrogen-bond acceptors (Lipinski definition) is 4. The van der Waals surface area contributed by atoms with Crippen LogP contribution in [0.5, 0.6) is 0 Å². The van der Waals surface area contributed by atoms with Gasteiger partial charge in [-0.3, -0.25) is 4.79 Å². The number of anilines is 2. The highest BCUT2D eigenvalue weighted by Crippen LogP contribution is 2.33. The molecule has 142 valence electrons. The molecule has 28 heavy (non-hydrogen) atoms. The van der Waals surface area contributed by atoms with Crippen molar-refractivity contribution in [1.82, 2.24) is 15.3 Å². The van der Waals surface area contributed by atoms with Crippen LogP contribution in [0.1, 0.15) is 27.4 Å². The Morgan fingerprint density at radius 1 is 1.14 bits per heavy atom. The van der Waals surface area contributed by atoms with E-state index in [1.807, 2.05) is 43.3 Å². The Labute approximate surface area is 169 Å². The van der Waals surface area contributed by atoms with E-state index in [0.717, 1.165) is 36.5 Å². The van der Waals surface area contributed by atoms with Crippen LogP contribution in [0.4, 0.5) is 11.5 Å². The van der Waals surface area contributed by atoms with Gasteiger partial charge in [-0.25, -0.2) is 9.97 Å². The van der Waals surface area contributed by atoms with E-state index in [2.05, 4.69) is 32.3 Å². The second kappa shape index (κ2) is 7.98. The molecule has 0 aliphatic carbocycles. The molecule has 5 nitrogen and oxygen atoms in total. The lowest BCUT2D eigenvalue weighted by Gasteiger charge is -2.19. The molecule has 6 heteroatoms. The van der Waals surface area contributed by atoms with E-state index in [9.17, 15) is 4.79 Å². The van der Waals surface area contributed by atoms with E-state index in [0.29, 0.717) is 23.1 Å². The second-order valence-corrected chi connectivity index (χ2v) is 7.26. The van der Waals surface area contributed by atoms with Gasteiger partial charge in [0.2, 0.25) is 0 Å². The van der Waals surface area contributed by atoms with E-state index >= 15 is 0 Å².